The maximum atomic E-state index is 12.2. The van der Waals surface area contributed by atoms with Crippen LogP contribution < -0.4 is 4.72 Å². The quantitative estimate of drug-likeness (QED) is 0.760. The number of aliphatic carboxylic acids is 1. The molecule has 1 atom stereocenters. The summed E-state index contributed by atoms with van der Waals surface area (Å²) in [6, 6.07) is 15.0. The molecular weight excluding hydrogens is 330 g/mol. The van der Waals surface area contributed by atoms with Gasteiger partial charge in [-0.3, -0.25) is 4.79 Å². The smallest absolute Gasteiger partial charge is 0.307 e. The van der Waals surface area contributed by atoms with Gasteiger partial charge in [0.05, 0.1) is 17.4 Å². The molecule has 2 rings (SSSR count). The van der Waals surface area contributed by atoms with Crippen molar-refractivity contribution >= 4 is 16.0 Å². The number of methoxy groups -OCH3 is 1. The van der Waals surface area contributed by atoms with Gasteiger partial charge in [0, 0.05) is 13.7 Å². The van der Waals surface area contributed by atoms with Crippen LogP contribution in [0.25, 0.3) is 0 Å². The molecule has 0 saturated heterocycles. The molecule has 2 aromatic carbocycles. The average molecular weight is 349 g/mol. The van der Waals surface area contributed by atoms with Crippen LogP contribution in [0, 0.1) is 0 Å². The fourth-order valence-electron chi connectivity index (χ4n) is 2.23. The molecule has 2 N–H and O–H groups in total. The normalized spacial score (nSPS) is 12.7. The summed E-state index contributed by atoms with van der Waals surface area (Å²) in [4.78, 5) is 10.9. The number of rotatable bonds is 8. The summed E-state index contributed by atoms with van der Waals surface area (Å²) < 4.78 is 32.3. The van der Waals surface area contributed by atoms with Gasteiger partial charge < -0.3 is 9.84 Å². The average Bonchev–Trinajstić information content (AvgIpc) is 2.57. The molecule has 24 heavy (non-hydrogen) atoms. The van der Waals surface area contributed by atoms with Crippen molar-refractivity contribution in [1.82, 2.24) is 4.72 Å². The molecule has 0 heterocycles. The molecule has 7 heteroatoms. The van der Waals surface area contributed by atoms with Crippen LogP contribution in [0.2, 0.25) is 0 Å². The lowest BCUT2D eigenvalue weighted by molar-refractivity contribution is -0.136. The number of carbonyl (C=O) groups is 1. The summed E-state index contributed by atoms with van der Waals surface area (Å²) in [6.45, 7) is 0.0754. The van der Waals surface area contributed by atoms with Gasteiger partial charge in [0.1, 0.15) is 0 Å². The summed E-state index contributed by atoms with van der Waals surface area (Å²) in [6.07, 6.45) is -0.527. The Balaban J connectivity index is 2.05. The Morgan fingerprint density at radius 2 is 1.75 bits per heavy atom. The predicted octanol–water partition coefficient (Wildman–Crippen LogP) is 1.98. The van der Waals surface area contributed by atoms with Crippen LogP contribution in [0.5, 0.6) is 0 Å². The van der Waals surface area contributed by atoms with Crippen LogP contribution in [-0.2, 0) is 26.0 Å². The Labute approximate surface area is 141 Å². The van der Waals surface area contributed by atoms with Crippen LogP contribution in [0.3, 0.4) is 0 Å². The second-order valence-electron chi connectivity index (χ2n) is 5.20. The minimum Gasteiger partial charge on any atom is -0.481 e. The van der Waals surface area contributed by atoms with E-state index in [4.69, 9.17) is 9.84 Å². The number of benzene rings is 2. The van der Waals surface area contributed by atoms with Crippen LogP contribution in [0.1, 0.15) is 17.2 Å². The molecule has 0 fully saturated rings. The number of ether oxygens (including phenoxy) is 1. The molecular formula is C17H19NO5S. The van der Waals surface area contributed by atoms with Gasteiger partial charge in [-0.15, -0.1) is 0 Å². The van der Waals surface area contributed by atoms with E-state index in [2.05, 4.69) is 4.72 Å². The standard InChI is InChI=1S/C17H19NO5S/c1-23-16(14-9-7-13(8-10-14)11-17(19)20)12-18-24(21,22)15-5-3-2-4-6-15/h2-10,16,18H,11-12H2,1H3,(H,19,20). The van der Waals surface area contributed by atoms with E-state index in [1.807, 2.05) is 0 Å². The van der Waals surface area contributed by atoms with Gasteiger partial charge in [0.2, 0.25) is 10.0 Å². The van der Waals surface area contributed by atoms with Crippen molar-refractivity contribution in [2.24, 2.45) is 0 Å². The van der Waals surface area contributed by atoms with Crippen molar-refractivity contribution in [3.63, 3.8) is 0 Å². The third-order valence-corrected chi connectivity index (χ3v) is 4.94. The molecule has 2 aromatic rings. The molecule has 6 nitrogen and oxygen atoms in total. The van der Waals surface area contributed by atoms with Crippen molar-refractivity contribution in [2.45, 2.75) is 17.4 Å². The minimum atomic E-state index is -3.61. The number of hydrogen-bond donors (Lipinski definition) is 2. The number of carboxylic acids is 1. The largest absolute Gasteiger partial charge is 0.481 e. The SMILES string of the molecule is COC(CNS(=O)(=O)c1ccccc1)c1ccc(CC(=O)O)cc1. The lowest BCUT2D eigenvalue weighted by Crippen LogP contribution is -2.29. The van der Waals surface area contributed by atoms with Crippen molar-refractivity contribution in [3.8, 4) is 0 Å². The first-order valence-electron chi connectivity index (χ1n) is 7.30. The van der Waals surface area contributed by atoms with E-state index >= 15 is 0 Å². The third kappa shape index (κ3) is 4.89. The zero-order chi connectivity index (χ0) is 17.6. The van der Waals surface area contributed by atoms with Crippen molar-refractivity contribution in [1.29, 1.82) is 0 Å². The van der Waals surface area contributed by atoms with E-state index in [1.165, 1.54) is 19.2 Å². The van der Waals surface area contributed by atoms with Gasteiger partial charge in [0.25, 0.3) is 0 Å². The number of nitrogens with one attached hydrogen (secondary N) is 1. The molecule has 0 bridgehead atoms. The molecule has 0 aliphatic heterocycles. The van der Waals surface area contributed by atoms with Gasteiger partial charge in [-0.05, 0) is 23.3 Å². The van der Waals surface area contributed by atoms with Crippen molar-refractivity contribution in [3.05, 3.63) is 65.7 Å². The Morgan fingerprint density at radius 1 is 1.12 bits per heavy atom. The maximum absolute atomic E-state index is 12.2. The highest BCUT2D eigenvalue weighted by atomic mass is 32.2. The molecule has 0 spiro atoms. The Kier molecular flexibility index (Phi) is 6.08. The van der Waals surface area contributed by atoms with Crippen molar-refractivity contribution < 1.29 is 23.1 Å². The molecule has 0 radical (unpaired) electrons. The third-order valence-electron chi connectivity index (χ3n) is 3.50. The van der Waals surface area contributed by atoms with E-state index in [0.29, 0.717) is 5.56 Å². The monoisotopic (exact) mass is 349 g/mol. The van der Waals surface area contributed by atoms with Gasteiger partial charge in [-0.2, -0.15) is 0 Å². The Hall–Kier alpha value is -2.22. The van der Waals surface area contributed by atoms with Crippen LogP contribution in [0.4, 0.5) is 0 Å². The van der Waals surface area contributed by atoms with E-state index in [9.17, 15) is 13.2 Å². The van der Waals surface area contributed by atoms with Gasteiger partial charge >= 0.3 is 5.97 Å². The fourth-order valence-corrected chi connectivity index (χ4v) is 3.28. The van der Waals surface area contributed by atoms with Crippen LogP contribution in [-0.4, -0.2) is 33.1 Å². The maximum Gasteiger partial charge on any atom is 0.307 e. The zero-order valence-electron chi connectivity index (χ0n) is 13.2. The molecule has 0 aliphatic rings. The second kappa shape index (κ2) is 8.05. The zero-order valence-corrected chi connectivity index (χ0v) is 14.0. The lowest BCUT2D eigenvalue weighted by Gasteiger charge is -2.17. The predicted molar refractivity (Wildman–Crippen MR) is 89.2 cm³/mol. The number of hydrogen-bond acceptors (Lipinski definition) is 4. The highest BCUT2D eigenvalue weighted by Crippen LogP contribution is 2.18. The van der Waals surface area contributed by atoms with E-state index in [0.717, 1.165) is 5.56 Å². The van der Waals surface area contributed by atoms with Gasteiger partial charge in [0.15, 0.2) is 0 Å². The highest BCUT2D eigenvalue weighted by molar-refractivity contribution is 7.89. The number of carboxylic acid groups (broad SMARTS) is 1. The van der Waals surface area contributed by atoms with Gasteiger partial charge in [-0.1, -0.05) is 42.5 Å². The van der Waals surface area contributed by atoms with E-state index < -0.39 is 22.1 Å². The van der Waals surface area contributed by atoms with Crippen molar-refractivity contribution in [2.75, 3.05) is 13.7 Å². The van der Waals surface area contributed by atoms with E-state index in [-0.39, 0.29) is 17.9 Å². The first-order valence-corrected chi connectivity index (χ1v) is 8.79. The summed E-state index contributed by atoms with van der Waals surface area (Å²) >= 11 is 0. The van der Waals surface area contributed by atoms with Crippen LogP contribution >= 0.6 is 0 Å². The molecule has 0 aromatic heterocycles. The molecule has 128 valence electrons. The summed E-state index contributed by atoms with van der Waals surface area (Å²) in [5, 5.41) is 8.77. The topological polar surface area (TPSA) is 92.7 Å². The lowest BCUT2D eigenvalue weighted by atomic mass is 10.1. The number of sulfonamides is 1. The summed E-state index contributed by atoms with van der Waals surface area (Å²) in [7, 11) is -2.11. The summed E-state index contributed by atoms with van der Waals surface area (Å²) in [5.41, 5.74) is 1.44. The Bertz CT molecular complexity index is 772. The van der Waals surface area contributed by atoms with E-state index in [1.54, 1.807) is 42.5 Å². The van der Waals surface area contributed by atoms with Crippen LogP contribution in [0.15, 0.2) is 59.5 Å². The van der Waals surface area contributed by atoms with Gasteiger partial charge in [-0.25, -0.2) is 13.1 Å². The minimum absolute atomic E-state index is 0.0570. The highest BCUT2D eigenvalue weighted by Gasteiger charge is 2.17. The first kappa shape index (κ1) is 18.1. The summed E-state index contributed by atoms with van der Waals surface area (Å²) in [5.74, 6) is -0.901. The molecule has 0 aliphatic carbocycles. The first-order chi connectivity index (χ1) is 11.4. The molecule has 0 saturated carbocycles. The Morgan fingerprint density at radius 3 is 2.29 bits per heavy atom. The fraction of sp³-hybridized carbons (Fsp3) is 0.235. The second-order valence-corrected chi connectivity index (χ2v) is 6.97. The molecule has 0 amide bonds. The molecule has 1 unspecified atom stereocenters.